The minimum Gasteiger partial charge on any atom is -0.494 e. The van der Waals surface area contributed by atoms with Crippen LogP contribution in [-0.2, 0) is 10.3 Å². The van der Waals surface area contributed by atoms with Crippen molar-refractivity contribution < 1.29 is 14.3 Å². The second kappa shape index (κ2) is 6.81. The van der Waals surface area contributed by atoms with E-state index in [1.54, 1.807) is 6.92 Å². The zero-order valence-electron chi connectivity index (χ0n) is 13.4. The number of unbranched alkanes of at least 4 members (excludes halogenated alkanes) is 1. The van der Waals surface area contributed by atoms with Gasteiger partial charge in [0.1, 0.15) is 11.3 Å². The third kappa shape index (κ3) is 3.78. The Hall–Kier alpha value is -2.04. The van der Waals surface area contributed by atoms with Crippen LogP contribution in [0.25, 0.3) is 0 Å². The van der Waals surface area contributed by atoms with E-state index in [9.17, 15) is 9.59 Å². The standard InChI is InChI=1S/C17H24N2O3/c1-12(2)6-4-5-11-22-14-9-7-13(8-10-14)17(3)15(20)18-16(21)19-17/h7-10,12H,4-6,11H2,1-3H3,(H2,18,19,20,21)/t17-/m0/s1. The molecule has 5 heteroatoms. The van der Waals surface area contributed by atoms with Crippen LogP contribution in [0.3, 0.4) is 0 Å². The fraction of sp³-hybridized carbons (Fsp3) is 0.529. The monoisotopic (exact) mass is 304 g/mol. The van der Waals surface area contributed by atoms with E-state index < -0.39 is 11.6 Å². The van der Waals surface area contributed by atoms with Crippen LogP contribution in [0.2, 0.25) is 0 Å². The molecule has 0 saturated carbocycles. The summed E-state index contributed by atoms with van der Waals surface area (Å²) < 4.78 is 5.70. The maximum absolute atomic E-state index is 11.9. The van der Waals surface area contributed by atoms with E-state index >= 15 is 0 Å². The molecule has 0 radical (unpaired) electrons. The third-order valence-electron chi connectivity index (χ3n) is 3.92. The van der Waals surface area contributed by atoms with Crippen LogP contribution >= 0.6 is 0 Å². The number of benzene rings is 1. The molecule has 0 spiro atoms. The number of ether oxygens (including phenoxy) is 1. The predicted molar refractivity (Wildman–Crippen MR) is 84.7 cm³/mol. The van der Waals surface area contributed by atoms with Crippen LogP contribution in [0.5, 0.6) is 5.75 Å². The molecule has 1 aromatic carbocycles. The van der Waals surface area contributed by atoms with Crippen molar-refractivity contribution in [1.29, 1.82) is 0 Å². The van der Waals surface area contributed by atoms with Gasteiger partial charge in [-0.05, 0) is 43.4 Å². The van der Waals surface area contributed by atoms with Crippen LogP contribution in [0.4, 0.5) is 4.79 Å². The predicted octanol–water partition coefficient (Wildman–Crippen LogP) is 2.95. The largest absolute Gasteiger partial charge is 0.494 e. The van der Waals surface area contributed by atoms with E-state index in [-0.39, 0.29) is 5.91 Å². The highest BCUT2D eigenvalue weighted by Gasteiger charge is 2.43. The number of hydrogen-bond donors (Lipinski definition) is 2. The van der Waals surface area contributed by atoms with E-state index in [4.69, 9.17) is 4.74 Å². The number of amides is 3. The maximum atomic E-state index is 11.9. The number of nitrogens with one attached hydrogen (secondary N) is 2. The molecule has 1 aliphatic heterocycles. The molecule has 0 aromatic heterocycles. The molecule has 3 amide bonds. The number of carbonyl (C=O) groups is 2. The van der Waals surface area contributed by atoms with Gasteiger partial charge in [-0.3, -0.25) is 10.1 Å². The van der Waals surface area contributed by atoms with E-state index in [2.05, 4.69) is 24.5 Å². The van der Waals surface area contributed by atoms with Crippen molar-refractivity contribution in [3.05, 3.63) is 29.8 Å². The SMILES string of the molecule is CC(C)CCCCOc1ccc([C@]2(C)NC(=O)NC2=O)cc1. The summed E-state index contributed by atoms with van der Waals surface area (Å²) in [5.74, 6) is 1.18. The summed E-state index contributed by atoms with van der Waals surface area (Å²) in [6.07, 6.45) is 3.42. The summed E-state index contributed by atoms with van der Waals surface area (Å²) >= 11 is 0. The van der Waals surface area contributed by atoms with Crippen molar-refractivity contribution in [1.82, 2.24) is 10.6 Å². The quantitative estimate of drug-likeness (QED) is 0.601. The summed E-state index contributed by atoms with van der Waals surface area (Å²) in [7, 11) is 0. The van der Waals surface area contributed by atoms with Gasteiger partial charge >= 0.3 is 6.03 Å². The molecule has 5 nitrogen and oxygen atoms in total. The van der Waals surface area contributed by atoms with Crippen molar-refractivity contribution in [2.75, 3.05) is 6.61 Å². The van der Waals surface area contributed by atoms with E-state index in [0.717, 1.165) is 23.7 Å². The number of imide groups is 1. The van der Waals surface area contributed by atoms with Gasteiger partial charge in [0.15, 0.2) is 0 Å². The average molecular weight is 304 g/mol. The first kappa shape index (κ1) is 16.3. The van der Waals surface area contributed by atoms with Gasteiger partial charge in [-0.2, -0.15) is 0 Å². The van der Waals surface area contributed by atoms with Gasteiger partial charge < -0.3 is 10.1 Å². The summed E-state index contributed by atoms with van der Waals surface area (Å²) in [5.41, 5.74) is -0.268. The fourth-order valence-corrected chi connectivity index (χ4v) is 2.48. The van der Waals surface area contributed by atoms with Gasteiger partial charge in [0, 0.05) is 0 Å². The molecule has 0 aliphatic carbocycles. The molecule has 1 aliphatic rings. The Morgan fingerprint density at radius 3 is 2.36 bits per heavy atom. The molecule has 120 valence electrons. The minimum absolute atomic E-state index is 0.333. The van der Waals surface area contributed by atoms with Crippen molar-refractivity contribution >= 4 is 11.9 Å². The summed E-state index contributed by atoms with van der Waals surface area (Å²) in [4.78, 5) is 23.2. The summed E-state index contributed by atoms with van der Waals surface area (Å²) in [5, 5.41) is 4.90. The minimum atomic E-state index is -1.01. The Morgan fingerprint density at radius 2 is 1.82 bits per heavy atom. The first-order valence-electron chi connectivity index (χ1n) is 7.79. The molecule has 22 heavy (non-hydrogen) atoms. The number of carbonyl (C=O) groups excluding carboxylic acids is 2. The average Bonchev–Trinajstić information content (AvgIpc) is 2.73. The van der Waals surface area contributed by atoms with Crippen LogP contribution in [0.15, 0.2) is 24.3 Å². The molecule has 1 atom stereocenters. The number of rotatable bonds is 7. The van der Waals surface area contributed by atoms with Crippen LogP contribution in [0.1, 0.15) is 45.6 Å². The first-order valence-corrected chi connectivity index (χ1v) is 7.79. The van der Waals surface area contributed by atoms with Crippen LogP contribution < -0.4 is 15.4 Å². The Morgan fingerprint density at radius 1 is 1.14 bits per heavy atom. The molecule has 1 aromatic rings. The molecular weight excluding hydrogens is 280 g/mol. The lowest BCUT2D eigenvalue weighted by atomic mass is 9.92. The number of urea groups is 1. The molecule has 1 heterocycles. The molecule has 2 N–H and O–H groups in total. The van der Waals surface area contributed by atoms with E-state index in [1.807, 2.05) is 24.3 Å². The topological polar surface area (TPSA) is 67.4 Å². The van der Waals surface area contributed by atoms with Gasteiger partial charge in [-0.15, -0.1) is 0 Å². The van der Waals surface area contributed by atoms with Gasteiger partial charge in [0.2, 0.25) is 0 Å². The summed E-state index contributed by atoms with van der Waals surface area (Å²) in [6, 6.07) is 6.84. The maximum Gasteiger partial charge on any atom is 0.322 e. The second-order valence-corrected chi connectivity index (χ2v) is 6.30. The molecule has 0 bridgehead atoms. The number of hydrogen-bond acceptors (Lipinski definition) is 3. The Bertz CT molecular complexity index is 539. The highest BCUT2D eigenvalue weighted by molar-refractivity contribution is 6.07. The Balaban J connectivity index is 1.88. The lowest BCUT2D eigenvalue weighted by Crippen LogP contribution is -2.40. The second-order valence-electron chi connectivity index (χ2n) is 6.30. The highest BCUT2D eigenvalue weighted by atomic mass is 16.5. The van der Waals surface area contributed by atoms with Gasteiger partial charge in [0.25, 0.3) is 5.91 Å². The van der Waals surface area contributed by atoms with Crippen molar-refractivity contribution in [2.45, 2.75) is 45.6 Å². The Labute approximate surface area is 131 Å². The zero-order valence-corrected chi connectivity index (χ0v) is 13.4. The van der Waals surface area contributed by atoms with Gasteiger partial charge in [-0.25, -0.2) is 4.79 Å². The van der Waals surface area contributed by atoms with Crippen LogP contribution in [-0.4, -0.2) is 18.5 Å². The highest BCUT2D eigenvalue weighted by Crippen LogP contribution is 2.26. The Kier molecular flexibility index (Phi) is 5.06. The van der Waals surface area contributed by atoms with Crippen molar-refractivity contribution in [3.63, 3.8) is 0 Å². The third-order valence-corrected chi connectivity index (χ3v) is 3.92. The fourth-order valence-electron chi connectivity index (χ4n) is 2.48. The normalized spacial score (nSPS) is 20.9. The zero-order chi connectivity index (χ0) is 16.2. The lowest BCUT2D eigenvalue weighted by molar-refractivity contribution is -0.123. The van der Waals surface area contributed by atoms with Gasteiger partial charge in [-0.1, -0.05) is 32.4 Å². The van der Waals surface area contributed by atoms with E-state index in [0.29, 0.717) is 6.61 Å². The van der Waals surface area contributed by atoms with Crippen molar-refractivity contribution in [3.8, 4) is 5.75 Å². The lowest BCUT2D eigenvalue weighted by Gasteiger charge is -2.21. The smallest absolute Gasteiger partial charge is 0.322 e. The summed E-state index contributed by atoms with van der Waals surface area (Å²) in [6.45, 7) is 6.83. The van der Waals surface area contributed by atoms with Crippen molar-refractivity contribution in [2.24, 2.45) is 5.92 Å². The van der Waals surface area contributed by atoms with E-state index in [1.165, 1.54) is 12.8 Å². The first-order chi connectivity index (χ1) is 10.4. The molecule has 2 rings (SSSR count). The molecule has 1 fully saturated rings. The molecular formula is C17H24N2O3. The van der Waals surface area contributed by atoms with Gasteiger partial charge in [0.05, 0.1) is 6.61 Å². The molecule has 1 saturated heterocycles. The molecule has 0 unspecified atom stereocenters. The van der Waals surface area contributed by atoms with Crippen LogP contribution in [0, 0.1) is 5.92 Å².